The Bertz CT molecular complexity index is 879. The first kappa shape index (κ1) is 16.7. The van der Waals surface area contributed by atoms with Crippen LogP contribution >= 0.6 is 0 Å². The number of allylic oxidation sites excluding steroid dienone is 2. The number of rotatable bonds is 3. The van der Waals surface area contributed by atoms with Gasteiger partial charge in [-0.25, -0.2) is 0 Å². The van der Waals surface area contributed by atoms with Crippen molar-refractivity contribution < 1.29 is 4.74 Å². The Morgan fingerprint density at radius 2 is 1.75 bits per heavy atom. The van der Waals surface area contributed by atoms with Gasteiger partial charge < -0.3 is 4.74 Å². The highest BCUT2D eigenvalue weighted by atomic mass is 16.5. The van der Waals surface area contributed by atoms with Gasteiger partial charge in [-0.1, -0.05) is 24.3 Å². The summed E-state index contributed by atoms with van der Waals surface area (Å²) in [5.41, 5.74) is 1.50. The lowest BCUT2D eigenvalue weighted by Crippen LogP contribution is -2.20. The minimum atomic E-state index is -0.807. The molecule has 0 aliphatic carbocycles. The molecule has 0 saturated carbocycles. The molecule has 116 valence electrons. The summed E-state index contributed by atoms with van der Waals surface area (Å²) in [5, 5.41) is 27.5. The van der Waals surface area contributed by atoms with Gasteiger partial charge in [-0.3, -0.25) is 4.99 Å². The summed E-state index contributed by atoms with van der Waals surface area (Å²) in [7, 11) is 0. The van der Waals surface area contributed by atoms with E-state index < -0.39 is 5.60 Å². The molecule has 1 aliphatic heterocycles. The van der Waals surface area contributed by atoms with Crippen molar-refractivity contribution in [3.63, 3.8) is 0 Å². The van der Waals surface area contributed by atoms with Gasteiger partial charge in [0.2, 0.25) is 0 Å². The lowest BCUT2D eigenvalue weighted by atomic mass is 9.94. The van der Waals surface area contributed by atoms with Crippen molar-refractivity contribution >= 4 is 18.5 Å². The molecule has 0 aromatic heterocycles. The fourth-order valence-corrected chi connectivity index (χ4v) is 2.35. The number of benzene rings is 1. The first-order valence-electron chi connectivity index (χ1n) is 7.10. The number of aliphatic imine (C=N–C) groups is 1. The largest absolute Gasteiger partial charge is 0.480 e. The molecule has 24 heavy (non-hydrogen) atoms. The maximum Gasteiger partial charge on any atom is 0.172 e. The molecule has 0 radical (unpaired) electrons. The summed E-state index contributed by atoms with van der Waals surface area (Å²) in [6.45, 7) is 7.04. The Balaban J connectivity index is 2.51. The van der Waals surface area contributed by atoms with Crippen LogP contribution in [0.25, 0.3) is 6.08 Å². The normalized spacial score (nSPS) is 15.4. The molecule has 0 fully saturated rings. The Morgan fingerprint density at radius 1 is 1.12 bits per heavy atom. The van der Waals surface area contributed by atoms with Crippen molar-refractivity contribution in [2.45, 2.75) is 19.4 Å². The van der Waals surface area contributed by atoms with Crippen LogP contribution in [0, 0.1) is 34.0 Å². The third kappa shape index (κ3) is 3.09. The van der Waals surface area contributed by atoms with E-state index in [9.17, 15) is 5.26 Å². The van der Waals surface area contributed by atoms with E-state index in [0.29, 0.717) is 5.57 Å². The van der Waals surface area contributed by atoms with Crippen molar-refractivity contribution in [1.29, 1.82) is 15.8 Å². The lowest BCUT2D eigenvalue weighted by molar-refractivity contribution is 0.0954. The second-order valence-electron chi connectivity index (χ2n) is 5.52. The number of hydrogen-bond acceptors (Lipinski definition) is 5. The highest BCUT2D eigenvalue weighted by Gasteiger charge is 2.38. The SMILES string of the molecule is C=Nc1ccc(/C=C/C2=C(C#N)C(=C(C#N)C#N)OC2(C)C)cc1. The average molecular weight is 314 g/mol. The van der Waals surface area contributed by atoms with Gasteiger partial charge >= 0.3 is 0 Å². The minimum Gasteiger partial charge on any atom is -0.480 e. The molecule has 1 aliphatic rings. The van der Waals surface area contributed by atoms with Crippen molar-refractivity contribution in [3.8, 4) is 18.2 Å². The summed E-state index contributed by atoms with van der Waals surface area (Å²) in [6, 6.07) is 13.0. The fraction of sp³-hybridized carbons (Fsp3) is 0.158. The number of nitrogens with zero attached hydrogens (tertiary/aromatic N) is 4. The molecule has 0 bridgehead atoms. The van der Waals surface area contributed by atoms with Gasteiger partial charge in [0.25, 0.3) is 0 Å². The van der Waals surface area contributed by atoms with Gasteiger partial charge in [0, 0.05) is 5.57 Å². The third-order valence-corrected chi connectivity index (χ3v) is 3.58. The third-order valence-electron chi connectivity index (χ3n) is 3.58. The van der Waals surface area contributed by atoms with Gasteiger partial charge in [0.05, 0.1) is 5.69 Å². The summed E-state index contributed by atoms with van der Waals surface area (Å²) in [4.78, 5) is 3.83. The van der Waals surface area contributed by atoms with Gasteiger partial charge in [-0.15, -0.1) is 0 Å². The van der Waals surface area contributed by atoms with Crippen molar-refractivity contribution in [2.75, 3.05) is 0 Å². The number of nitriles is 3. The van der Waals surface area contributed by atoms with Crippen LogP contribution in [-0.4, -0.2) is 12.3 Å². The van der Waals surface area contributed by atoms with Crippen molar-refractivity contribution in [2.24, 2.45) is 4.99 Å². The van der Waals surface area contributed by atoms with E-state index in [1.807, 2.05) is 36.4 Å². The molecule has 5 heteroatoms. The highest BCUT2D eigenvalue weighted by molar-refractivity contribution is 5.64. The summed E-state index contributed by atoms with van der Waals surface area (Å²) < 4.78 is 5.70. The Kier molecular flexibility index (Phi) is 4.64. The average Bonchev–Trinajstić information content (AvgIpc) is 2.84. The van der Waals surface area contributed by atoms with Crippen molar-refractivity contribution in [3.05, 3.63) is 58.4 Å². The Hall–Kier alpha value is -3.62. The molecule has 0 saturated heterocycles. The van der Waals surface area contributed by atoms with Crippen LogP contribution in [-0.2, 0) is 4.74 Å². The number of ether oxygens (including phenoxy) is 1. The van der Waals surface area contributed by atoms with Gasteiger partial charge in [-0.05, 0) is 38.3 Å². The summed E-state index contributed by atoms with van der Waals surface area (Å²) in [5.74, 6) is 0.0401. The maximum absolute atomic E-state index is 9.45. The van der Waals surface area contributed by atoms with Gasteiger partial charge in [0.15, 0.2) is 11.3 Å². The quantitative estimate of drug-likeness (QED) is 0.623. The Labute approximate surface area is 140 Å². The van der Waals surface area contributed by atoms with Crippen LogP contribution in [0.15, 0.2) is 57.8 Å². The summed E-state index contributed by atoms with van der Waals surface area (Å²) in [6.07, 6.45) is 3.61. The second-order valence-corrected chi connectivity index (χ2v) is 5.52. The minimum absolute atomic E-state index is 0.0401. The zero-order valence-electron chi connectivity index (χ0n) is 13.4. The predicted molar refractivity (Wildman–Crippen MR) is 90.7 cm³/mol. The summed E-state index contributed by atoms with van der Waals surface area (Å²) >= 11 is 0. The van der Waals surface area contributed by atoms with E-state index in [4.69, 9.17) is 15.3 Å². The first-order chi connectivity index (χ1) is 11.5. The second kappa shape index (κ2) is 6.65. The lowest BCUT2D eigenvalue weighted by Gasteiger charge is -2.20. The van der Waals surface area contributed by atoms with E-state index in [0.717, 1.165) is 11.3 Å². The van der Waals surface area contributed by atoms with E-state index in [-0.39, 0.29) is 16.9 Å². The van der Waals surface area contributed by atoms with Crippen LogP contribution in [0.4, 0.5) is 5.69 Å². The standard InChI is InChI=1S/C19H14N4O/c1-19(2)17(9-6-13-4-7-15(23-3)8-5-13)16(12-22)18(24-19)14(10-20)11-21/h4-9H,3H2,1-2H3/b9-6+. The molecule has 5 nitrogen and oxygen atoms in total. The fourth-order valence-electron chi connectivity index (χ4n) is 2.35. The topological polar surface area (TPSA) is 93.0 Å². The van der Waals surface area contributed by atoms with Crippen LogP contribution in [0.5, 0.6) is 0 Å². The maximum atomic E-state index is 9.45. The molecule has 1 aromatic carbocycles. The predicted octanol–water partition coefficient (Wildman–Crippen LogP) is 3.96. The smallest absolute Gasteiger partial charge is 0.172 e. The zero-order chi connectivity index (χ0) is 17.7. The molecule has 0 atom stereocenters. The molecule has 2 rings (SSSR count). The van der Waals surface area contributed by atoms with E-state index >= 15 is 0 Å². The van der Waals surface area contributed by atoms with E-state index in [1.165, 1.54) is 0 Å². The molecular formula is C19H14N4O. The van der Waals surface area contributed by atoms with Crippen LogP contribution in [0.1, 0.15) is 19.4 Å². The zero-order valence-corrected chi connectivity index (χ0v) is 13.4. The van der Waals surface area contributed by atoms with Gasteiger partial charge in [0.1, 0.15) is 29.4 Å². The molecule has 1 aromatic rings. The molecule has 0 unspecified atom stereocenters. The number of hydrogen-bond donors (Lipinski definition) is 0. The Morgan fingerprint density at radius 3 is 2.25 bits per heavy atom. The molecule has 0 N–H and O–H groups in total. The highest BCUT2D eigenvalue weighted by Crippen LogP contribution is 2.40. The molecule has 0 spiro atoms. The molecule has 0 amide bonds. The van der Waals surface area contributed by atoms with Crippen LogP contribution in [0.2, 0.25) is 0 Å². The molecule has 1 heterocycles. The van der Waals surface area contributed by atoms with E-state index in [2.05, 4.69) is 11.7 Å². The monoisotopic (exact) mass is 314 g/mol. The molecular weight excluding hydrogens is 300 g/mol. The van der Waals surface area contributed by atoms with Gasteiger partial charge in [-0.2, -0.15) is 15.8 Å². The van der Waals surface area contributed by atoms with E-state index in [1.54, 1.807) is 32.1 Å². The van der Waals surface area contributed by atoms with Crippen LogP contribution in [0.3, 0.4) is 0 Å². The van der Waals surface area contributed by atoms with Crippen molar-refractivity contribution in [1.82, 2.24) is 0 Å². The first-order valence-corrected chi connectivity index (χ1v) is 7.10. The van der Waals surface area contributed by atoms with Crippen LogP contribution < -0.4 is 0 Å².